The van der Waals surface area contributed by atoms with Crippen LogP contribution in [0, 0.1) is 0 Å². The summed E-state index contributed by atoms with van der Waals surface area (Å²) in [7, 11) is 1.36. The van der Waals surface area contributed by atoms with Gasteiger partial charge in [0.2, 0.25) is 0 Å². The molecule has 1 aromatic rings. The van der Waals surface area contributed by atoms with Gasteiger partial charge in [-0.15, -0.1) is 0 Å². The molecule has 0 aliphatic carbocycles. The van der Waals surface area contributed by atoms with Crippen molar-refractivity contribution in [3.8, 4) is 5.75 Å². The second-order valence-corrected chi connectivity index (χ2v) is 4.19. The molecule has 0 aliphatic heterocycles. The highest BCUT2D eigenvalue weighted by atomic mass is 79.9. The van der Waals surface area contributed by atoms with E-state index in [0.717, 1.165) is 17.3 Å². The molecule has 0 bridgehead atoms. The van der Waals surface area contributed by atoms with Crippen molar-refractivity contribution in [2.45, 2.75) is 19.8 Å². The molecule has 1 rings (SSSR count). The molecular formula is C12H15BrO3. The zero-order valence-corrected chi connectivity index (χ0v) is 11.0. The van der Waals surface area contributed by atoms with Crippen molar-refractivity contribution in [3.05, 3.63) is 28.2 Å². The number of carbonyl (C=O) groups is 1. The molecule has 0 saturated heterocycles. The zero-order chi connectivity index (χ0) is 12.0. The lowest BCUT2D eigenvalue weighted by molar-refractivity contribution is 0.0600. The van der Waals surface area contributed by atoms with Gasteiger partial charge in [0, 0.05) is 0 Å². The minimum absolute atomic E-state index is 0.354. The molecule has 16 heavy (non-hydrogen) atoms. The lowest BCUT2D eigenvalue weighted by Gasteiger charge is -2.08. The first-order valence-corrected chi connectivity index (χ1v) is 5.99. The number of ether oxygens (including phenoxy) is 2. The summed E-state index contributed by atoms with van der Waals surface area (Å²) in [5, 5.41) is 0. The van der Waals surface area contributed by atoms with E-state index in [0.29, 0.717) is 17.9 Å². The molecule has 0 aliphatic rings. The summed E-state index contributed by atoms with van der Waals surface area (Å²) in [5.74, 6) is 0.323. The van der Waals surface area contributed by atoms with Crippen LogP contribution in [0.15, 0.2) is 22.7 Å². The lowest BCUT2D eigenvalue weighted by atomic mass is 10.2. The summed E-state index contributed by atoms with van der Waals surface area (Å²) in [5.41, 5.74) is 0.497. The normalized spacial score (nSPS) is 9.94. The highest BCUT2D eigenvalue weighted by Crippen LogP contribution is 2.26. The third-order valence-corrected chi connectivity index (χ3v) is 2.76. The Kier molecular flexibility index (Phi) is 5.32. The number of benzene rings is 1. The van der Waals surface area contributed by atoms with E-state index >= 15 is 0 Å². The van der Waals surface area contributed by atoms with Gasteiger partial charge in [0.25, 0.3) is 0 Å². The molecular weight excluding hydrogens is 272 g/mol. The Bertz CT molecular complexity index is 363. The Hall–Kier alpha value is -1.03. The first-order valence-electron chi connectivity index (χ1n) is 5.19. The number of halogens is 1. The van der Waals surface area contributed by atoms with Crippen molar-refractivity contribution >= 4 is 21.9 Å². The summed E-state index contributed by atoms with van der Waals surface area (Å²) in [4.78, 5) is 11.3. The van der Waals surface area contributed by atoms with E-state index in [1.165, 1.54) is 7.11 Å². The Morgan fingerprint density at radius 3 is 2.81 bits per heavy atom. The average molecular weight is 287 g/mol. The van der Waals surface area contributed by atoms with Crippen LogP contribution in [0.4, 0.5) is 0 Å². The molecule has 4 heteroatoms. The Morgan fingerprint density at radius 2 is 2.19 bits per heavy atom. The smallest absolute Gasteiger partial charge is 0.337 e. The second-order valence-electron chi connectivity index (χ2n) is 3.34. The van der Waals surface area contributed by atoms with Crippen LogP contribution < -0.4 is 4.74 Å². The summed E-state index contributed by atoms with van der Waals surface area (Å²) in [6.07, 6.45) is 2.07. The standard InChI is InChI=1S/C12H15BrO3/c1-3-4-7-16-11-8-9(12(14)15-2)5-6-10(11)13/h5-6,8H,3-4,7H2,1-2H3. The van der Waals surface area contributed by atoms with Crippen molar-refractivity contribution in [2.24, 2.45) is 0 Å². The fourth-order valence-corrected chi connectivity index (χ4v) is 1.55. The van der Waals surface area contributed by atoms with Crippen molar-refractivity contribution in [3.63, 3.8) is 0 Å². The number of hydrogen-bond acceptors (Lipinski definition) is 3. The Labute approximate surface area is 104 Å². The van der Waals surface area contributed by atoms with Gasteiger partial charge >= 0.3 is 5.97 Å². The predicted molar refractivity (Wildman–Crippen MR) is 65.9 cm³/mol. The van der Waals surface area contributed by atoms with Gasteiger partial charge < -0.3 is 9.47 Å². The van der Waals surface area contributed by atoms with Gasteiger partial charge in [-0.3, -0.25) is 0 Å². The molecule has 0 spiro atoms. The van der Waals surface area contributed by atoms with E-state index in [1.54, 1.807) is 18.2 Å². The molecule has 0 heterocycles. The predicted octanol–water partition coefficient (Wildman–Crippen LogP) is 3.41. The second kappa shape index (κ2) is 6.53. The Balaban J connectivity index is 2.78. The van der Waals surface area contributed by atoms with Crippen LogP contribution in [-0.2, 0) is 4.74 Å². The van der Waals surface area contributed by atoms with Gasteiger partial charge in [-0.2, -0.15) is 0 Å². The van der Waals surface area contributed by atoms with Crippen LogP contribution in [0.5, 0.6) is 5.75 Å². The SMILES string of the molecule is CCCCOc1cc(C(=O)OC)ccc1Br. The first kappa shape index (κ1) is 13.0. The molecule has 0 fully saturated rings. The lowest BCUT2D eigenvalue weighted by Crippen LogP contribution is -2.03. The average Bonchev–Trinajstić information content (AvgIpc) is 2.31. The third kappa shape index (κ3) is 3.52. The Morgan fingerprint density at radius 1 is 1.44 bits per heavy atom. The summed E-state index contributed by atoms with van der Waals surface area (Å²) >= 11 is 3.38. The molecule has 3 nitrogen and oxygen atoms in total. The molecule has 0 unspecified atom stereocenters. The molecule has 1 aromatic carbocycles. The largest absolute Gasteiger partial charge is 0.492 e. The number of carbonyl (C=O) groups excluding carboxylic acids is 1. The molecule has 0 amide bonds. The van der Waals surface area contributed by atoms with E-state index in [1.807, 2.05) is 0 Å². The van der Waals surface area contributed by atoms with Gasteiger partial charge in [0.05, 0.1) is 23.8 Å². The quantitative estimate of drug-likeness (QED) is 0.615. The maximum Gasteiger partial charge on any atom is 0.337 e. The van der Waals surface area contributed by atoms with Crippen molar-refractivity contribution in [2.75, 3.05) is 13.7 Å². The van der Waals surface area contributed by atoms with Crippen LogP contribution in [0.1, 0.15) is 30.1 Å². The van der Waals surface area contributed by atoms with Crippen molar-refractivity contribution in [1.82, 2.24) is 0 Å². The minimum Gasteiger partial charge on any atom is -0.492 e. The molecule has 0 aromatic heterocycles. The maximum atomic E-state index is 11.3. The van der Waals surface area contributed by atoms with Crippen LogP contribution in [0.3, 0.4) is 0 Å². The minimum atomic E-state index is -0.354. The molecule has 0 saturated carbocycles. The van der Waals surface area contributed by atoms with Crippen LogP contribution >= 0.6 is 15.9 Å². The van der Waals surface area contributed by atoms with E-state index in [-0.39, 0.29) is 5.97 Å². The third-order valence-electron chi connectivity index (χ3n) is 2.11. The van der Waals surface area contributed by atoms with E-state index in [2.05, 4.69) is 27.6 Å². The van der Waals surface area contributed by atoms with Gasteiger partial charge in [-0.1, -0.05) is 13.3 Å². The number of rotatable bonds is 5. The molecule has 88 valence electrons. The van der Waals surface area contributed by atoms with Gasteiger partial charge in [-0.05, 0) is 40.5 Å². The van der Waals surface area contributed by atoms with Gasteiger partial charge in [0.15, 0.2) is 0 Å². The van der Waals surface area contributed by atoms with Crippen LogP contribution in [0.2, 0.25) is 0 Å². The van der Waals surface area contributed by atoms with E-state index in [9.17, 15) is 4.79 Å². The van der Waals surface area contributed by atoms with Crippen LogP contribution in [0.25, 0.3) is 0 Å². The molecule has 0 N–H and O–H groups in total. The van der Waals surface area contributed by atoms with E-state index < -0.39 is 0 Å². The summed E-state index contributed by atoms with van der Waals surface area (Å²) < 4.78 is 11.0. The fourth-order valence-electron chi connectivity index (χ4n) is 1.19. The van der Waals surface area contributed by atoms with E-state index in [4.69, 9.17) is 4.74 Å². The highest BCUT2D eigenvalue weighted by Gasteiger charge is 2.09. The van der Waals surface area contributed by atoms with Gasteiger partial charge in [-0.25, -0.2) is 4.79 Å². The fraction of sp³-hybridized carbons (Fsp3) is 0.417. The zero-order valence-electron chi connectivity index (χ0n) is 9.46. The topological polar surface area (TPSA) is 35.5 Å². The molecule has 0 atom stereocenters. The summed E-state index contributed by atoms with van der Waals surface area (Å²) in [6, 6.07) is 5.17. The maximum absolute atomic E-state index is 11.3. The monoisotopic (exact) mass is 286 g/mol. The number of esters is 1. The molecule has 0 radical (unpaired) electrons. The van der Waals surface area contributed by atoms with Crippen molar-refractivity contribution < 1.29 is 14.3 Å². The number of unbranched alkanes of at least 4 members (excludes halogenated alkanes) is 1. The number of hydrogen-bond donors (Lipinski definition) is 0. The van der Waals surface area contributed by atoms with Crippen LogP contribution in [-0.4, -0.2) is 19.7 Å². The number of methoxy groups -OCH3 is 1. The first-order chi connectivity index (χ1) is 7.69. The van der Waals surface area contributed by atoms with Gasteiger partial charge in [0.1, 0.15) is 5.75 Å². The van der Waals surface area contributed by atoms with Crippen molar-refractivity contribution in [1.29, 1.82) is 0 Å². The summed E-state index contributed by atoms with van der Waals surface area (Å²) in [6.45, 7) is 2.75. The highest BCUT2D eigenvalue weighted by molar-refractivity contribution is 9.10.